The Bertz CT molecular complexity index is 1510. The normalized spacial score (nSPS) is 17.8. The molecule has 4 rings (SSSR count). The molecule has 1 aromatic carbocycles. The van der Waals surface area contributed by atoms with Gasteiger partial charge >= 0.3 is 12.1 Å². The van der Waals surface area contributed by atoms with Crippen LogP contribution < -0.4 is 10.0 Å². The summed E-state index contributed by atoms with van der Waals surface area (Å²) in [5.41, 5.74) is -3.15. The average molecular weight is 587 g/mol. The smallest absolute Gasteiger partial charge is 0.419 e. The van der Waals surface area contributed by atoms with Gasteiger partial charge in [-0.2, -0.15) is 18.3 Å². The SMILES string of the molecule is COC(=O)C1CC(NS(=O)(=O)c2ccc(Nc3ncc(C(F)(F)F)c(-c4cnn(CC(C)(C)O)c4)n3)c(F)c2)C1. The third kappa shape index (κ3) is 6.74. The topological polar surface area (TPSA) is 148 Å². The summed E-state index contributed by atoms with van der Waals surface area (Å²) in [6.07, 6.45) is -1.34. The van der Waals surface area contributed by atoms with Crippen LogP contribution in [0.4, 0.5) is 29.2 Å². The molecule has 3 N–H and O–H groups in total. The molecule has 0 atom stereocenters. The van der Waals surface area contributed by atoms with E-state index >= 15 is 0 Å². The monoisotopic (exact) mass is 586 g/mol. The van der Waals surface area contributed by atoms with E-state index in [1.54, 1.807) is 0 Å². The molecule has 0 saturated heterocycles. The Kier molecular flexibility index (Phi) is 7.88. The number of aliphatic hydroxyl groups is 1. The summed E-state index contributed by atoms with van der Waals surface area (Å²) < 4.78 is 89.5. The molecule has 2 heterocycles. The average Bonchev–Trinajstić information content (AvgIpc) is 3.28. The fourth-order valence-electron chi connectivity index (χ4n) is 4.08. The molecule has 0 radical (unpaired) electrons. The fraction of sp³-hybridized carbons (Fsp3) is 0.417. The van der Waals surface area contributed by atoms with Crippen molar-refractivity contribution in [1.29, 1.82) is 0 Å². The van der Waals surface area contributed by atoms with Crippen LogP contribution in [0.25, 0.3) is 11.3 Å². The molecule has 11 nitrogen and oxygen atoms in total. The van der Waals surface area contributed by atoms with Gasteiger partial charge in [-0.3, -0.25) is 9.48 Å². The van der Waals surface area contributed by atoms with Gasteiger partial charge in [-0.15, -0.1) is 0 Å². The molecule has 16 heteroatoms. The number of aromatic nitrogens is 4. The lowest BCUT2D eigenvalue weighted by molar-refractivity contribution is -0.149. The number of benzene rings is 1. The predicted octanol–water partition coefficient (Wildman–Crippen LogP) is 3.24. The summed E-state index contributed by atoms with van der Waals surface area (Å²) >= 11 is 0. The van der Waals surface area contributed by atoms with Gasteiger partial charge in [-0.25, -0.2) is 27.5 Å². The number of carbonyl (C=O) groups excluding carboxylic acids is 1. The molecule has 1 saturated carbocycles. The molecule has 0 amide bonds. The first kappa shape index (κ1) is 29.4. The van der Waals surface area contributed by atoms with Gasteiger partial charge in [0.05, 0.1) is 47.6 Å². The molecular formula is C24H26F4N6O5S. The lowest BCUT2D eigenvalue weighted by atomic mass is 9.81. The number of anilines is 2. The summed E-state index contributed by atoms with van der Waals surface area (Å²) in [6.45, 7) is 3.03. The van der Waals surface area contributed by atoms with Gasteiger partial charge in [-0.05, 0) is 44.9 Å². The first-order valence-corrected chi connectivity index (χ1v) is 13.4. The van der Waals surface area contributed by atoms with Crippen LogP contribution in [0.1, 0.15) is 32.3 Å². The van der Waals surface area contributed by atoms with Crippen LogP contribution in [0.5, 0.6) is 0 Å². The minimum Gasteiger partial charge on any atom is -0.469 e. The Morgan fingerprint density at radius 2 is 1.93 bits per heavy atom. The number of methoxy groups -OCH3 is 1. The van der Waals surface area contributed by atoms with E-state index < -0.39 is 56.8 Å². The largest absolute Gasteiger partial charge is 0.469 e. The number of carbonyl (C=O) groups is 1. The summed E-state index contributed by atoms with van der Waals surface area (Å²) in [4.78, 5) is 18.7. The zero-order chi connectivity index (χ0) is 29.5. The molecular weight excluding hydrogens is 560 g/mol. The highest BCUT2D eigenvalue weighted by Crippen LogP contribution is 2.36. The van der Waals surface area contributed by atoms with Gasteiger partial charge < -0.3 is 15.2 Å². The quantitative estimate of drug-likeness (QED) is 0.254. The maximum Gasteiger partial charge on any atom is 0.419 e. The Morgan fingerprint density at radius 1 is 1.23 bits per heavy atom. The second-order valence-corrected chi connectivity index (χ2v) is 11.7. The van der Waals surface area contributed by atoms with Crippen LogP contribution in [0.3, 0.4) is 0 Å². The molecule has 0 unspecified atom stereocenters. The van der Waals surface area contributed by atoms with E-state index in [2.05, 4.69) is 29.8 Å². The number of alkyl halides is 3. The van der Waals surface area contributed by atoms with Gasteiger partial charge in [0, 0.05) is 24.0 Å². The van der Waals surface area contributed by atoms with Crippen LogP contribution in [0.15, 0.2) is 41.7 Å². The first-order valence-electron chi connectivity index (χ1n) is 11.9. The molecule has 0 bridgehead atoms. The lowest BCUT2D eigenvalue weighted by Crippen LogP contribution is -2.46. The van der Waals surface area contributed by atoms with Gasteiger partial charge in [0.15, 0.2) is 0 Å². The number of nitrogens with one attached hydrogen (secondary N) is 2. The molecule has 0 aliphatic heterocycles. The van der Waals surface area contributed by atoms with Crippen molar-refractivity contribution in [2.75, 3.05) is 12.4 Å². The number of sulfonamides is 1. The van der Waals surface area contributed by atoms with E-state index in [0.717, 1.165) is 24.4 Å². The Balaban J connectivity index is 1.54. The minimum absolute atomic E-state index is 0.00642. The van der Waals surface area contributed by atoms with Crippen molar-refractivity contribution in [2.45, 2.75) is 55.9 Å². The number of halogens is 4. The number of ether oxygens (including phenoxy) is 1. The molecule has 2 aromatic heterocycles. The first-order chi connectivity index (χ1) is 18.6. The highest BCUT2D eigenvalue weighted by atomic mass is 32.2. The standard InChI is InChI=1S/C24H26F4N6O5S/c1-23(2,36)12-34-11-14(9-30-34)20-17(24(26,27)28)10-29-22(32-20)31-19-5-4-16(8-18(19)25)40(37,38)33-15-6-13(7-15)21(35)39-3/h4-5,8-11,13,15,33,36H,6-7,12H2,1-3H3,(H,29,31,32). The zero-order valence-corrected chi connectivity index (χ0v) is 22.3. The van der Waals surface area contributed by atoms with Crippen molar-refractivity contribution in [3.63, 3.8) is 0 Å². The van der Waals surface area contributed by atoms with Crippen molar-refractivity contribution in [2.24, 2.45) is 5.92 Å². The fourth-order valence-corrected chi connectivity index (χ4v) is 5.36. The molecule has 1 fully saturated rings. The number of esters is 1. The van der Waals surface area contributed by atoms with Crippen molar-refractivity contribution in [1.82, 2.24) is 24.5 Å². The number of hydrogen-bond acceptors (Lipinski definition) is 9. The number of rotatable bonds is 9. The third-order valence-corrected chi connectivity index (χ3v) is 7.56. The Hall–Kier alpha value is -3.63. The van der Waals surface area contributed by atoms with E-state index in [9.17, 15) is 35.9 Å². The van der Waals surface area contributed by atoms with Gasteiger partial charge in [-0.1, -0.05) is 0 Å². The maximum absolute atomic E-state index is 14.9. The van der Waals surface area contributed by atoms with Crippen molar-refractivity contribution in [3.8, 4) is 11.3 Å². The Morgan fingerprint density at radius 3 is 2.52 bits per heavy atom. The van der Waals surface area contributed by atoms with E-state index in [1.807, 2.05) is 0 Å². The van der Waals surface area contributed by atoms with Gasteiger partial charge in [0.1, 0.15) is 11.4 Å². The minimum atomic E-state index is -4.81. The molecule has 216 valence electrons. The second-order valence-electron chi connectivity index (χ2n) is 9.97. The number of nitrogens with zero attached hydrogens (tertiary/aromatic N) is 4. The summed E-state index contributed by atoms with van der Waals surface area (Å²) in [5, 5.41) is 16.4. The van der Waals surface area contributed by atoms with Crippen molar-refractivity contribution < 1.29 is 40.6 Å². The van der Waals surface area contributed by atoms with Crippen molar-refractivity contribution >= 4 is 27.6 Å². The summed E-state index contributed by atoms with van der Waals surface area (Å²) in [5.74, 6) is -2.25. The molecule has 1 aliphatic rings. The predicted molar refractivity (Wildman–Crippen MR) is 133 cm³/mol. The molecule has 0 spiro atoms. The van der Waals surface area contributed by atoms with E-state index in [1.165, 1.54) is 31.8 Å². The third-order valence-electron chi connectivity index (χ3n) is 6.04. The van der Waals surface area contributed by atoms with E-state index in [4.69, 9.17) is 0 Å². The van der Waals surface area contributed by atoms with Crippen LogP contribution in [0, 0.1) is 11.7 Å². The lowest BCUT2D eigenvalue weighted by Gasteiger charge is -2.33. The van der Waals surface area contributed by atoms with E-state index in [-0.39, 0.29) is 41.5 Å². The highest BCUT2D eigenvalue weighted by Gasteiger charge is 2.38. The van der Waals surface area contributed by atoms with Crippen molar-refractivity contribution in [3.05, 3.63) is 48.2 Å². The van der Waals surface area contributed by atoms with Crippen LogP contribution in [-0.2, 0) is 32.3 Å². The maximum atomic E-state index is 14.9. The summed E-state index contributed by atoms with van der Waals surface area (Å²) in [7, 11) is -2.88. The van der Waals surface area contributed by atoms with Crippen LogP contribution >= 0.6 is 0 Å². The molecule has 40 heavy (non-hydrogen) atoms. The number of hydrogen-bond donors (Lipinski definition) is 3. The van der Waals surface area contributed by atoms with E-state index in [0.29, 0.717) is 6.20 Å². The van der Waals surface area contributed by atoms with Gasteiger partial charge in [0.25, 0.3) is 0 Å². The Labute approximate surface area is 226 Å². The molecule has 1 aliphatic carbocycles. The highest BCUT2D eigenvalue weighted by molar-refractivity contribution is 7.89. The summed E-state index contributed by atoms with van der Waals surface area (Å²) in [6, 6.07) is 2.42. The van der Waals surface area contributed by atoms with Gasteiger partial charge in [0.2, 0.25) is 16.0 Å². The second kappa shape index (κ2) is 10.7. The molecule has 3 aromatic rings. The van der Waals surface area contributed by atoms with Crippen LogP contribution in [0.2, 0.25) is 0 Å². The zero-order valence-electron chi connectivity index (χ0n) is 21.5. The van der Waals surface area contributed by atoms with Crippen LogP contribution in [-0.4, -0.2) is 58.0 Å².